The van der Waals surface area contributed by atoms with Crippen LogP contribution >= 0.6 is 0 Å². The van der Waals surface area contributed by atoms with E-state index in [1.54, 1.807) is 24.3 Å². The largest absolute Gasteiger partial charge is 0.405 e. The van der Waals surface area contributed by atoms with E-state index in [2.05, 4.69) is 10.6 Å². The SMILES string of the molecule is COCC(=O)Nc1ccc(NC(=O)N2CCCC2C(=O)NCC(F)(F)F)cc1. The Bertz CT molecular complexity index is 709. The van der Waals surface area contributed by atoms with Crippen molar-refractivity contribution in [2.24, 2.45) is 0 Å². The Morgan fingerprint density at radius 1 is 1.14 bits per heavy atom. The quantitative estimate of drug-likeness (QED) is 0.677. The second-order valence-electron chi connectivity index (χ2n) is 6.17. The van der Waals surface area contributed by atoms with E-state index in [4.69, 9.17) is 4.74 Å². The number of amides is 4. The molecule has 1 aromatic carbocycles. The molecule has 154 valence electrons. The van der Waals surface area contributed by atoms with Gasteiger partial charge in [-0.05, 0) is 37.1 Å². The number of carbonyl (C=O) groups is 3. The number of nitrogens with zero attached hydrogens (tertiary/aromatic N) is 1. The highest BCUT2D eigenvalue weighted by atomic mass is 19.4. The Kier molecular flexibility index (Phi) is 7.21. The van der Waals surface area contributed by atoms with E-state index in [0.29, 0.717) is 24.2 Å². The van der Waals surface area contributed by atoms with Crippen molar-refractivity contribution in [3.8, 4) is 0 Å². The predicted octanol–water partition coefficient (Wildman–Crippen LogP) is 1.95. The van der Waals surface area contributed by atoms with Crippen molar-refractivity contribution in [1.29, 1.82) is 0 Å². The molecular weight excluding hydrogens is 381 g/mol. The topological polar surface area (TPSA) is 99.8 Å². The Morgan fingerprint density at radius 2 is 1.75 bits per heavy atom. The van der Waals surface area contributed by atoms with Crippen molar-refractivity contribution < 1.29 is 32.3 Å². The van der Waals surface area contributed by atoms with Gasteiger partial charge in [-0.1, -0.05) is 0 Å². The molecule has 0 bridgehead atoms. The van der Waals surface area contributed by atoms with Gasteiger partial charge in [0.1, 0.15) is 19.2 Å². The fraction of sp³-hybridized carbons (Fsp3) is 0.471. The van der Waals surface area contributed by atoms with Crippen LogP contribution in [-0.4, -0.2) is 61.8 Å². The van der Waals surface area contributed by atoms with Gasteiger partial charge in [0.25, 0.3) is 0 Å². The zero-order valence-electron chi connectivity index (χ0n) is 15.1. The summed E-state index contributed by atoms with van der Waals surface area (Å²) in [5, 5.41) is 7.00. The first kappa shape index (κ1) is 21.5. The lowest BCUT2D eigenvalue weighted by atomic mass is 10.2. The van der Waals surface area contributed by atoms with Crippen LogP contribution in [0.2, 0.25) is 0 Å². The molecule has 1 saturated heterocycles. The number of methoxy groups -OCH3 is 1. The van der Waals surface area contributed by atoms with Gasteiger partial charge in [-0.15, -0.1) is 0 Å². The molecule has 1 atom stereocenters. The summed E-state index contributed by atoms with van der Waals surface area (Å²) in [5.41, 5.74) is 0.918. The molecule has 0 spiro atoms. The van der Waals surface area contributed by atoms with Crippen LogP contribution in [0.1, 0.15) is 12.8 Å². The van der Waals surface area contributed by atoms with E-state index in [-0.39, 0.29) is 19.1 Å². The van der Waals surface area contributed by atoms with Crippen molar-refractivity contribution >= 4 is 29.2 Å². The van der Waals surface area contributed by atoms with E-state index in [1.165, 1.54) is 12.0 Å². The molecule has 3 N–H and O–H groups in total. The molecule has 8 nitrogen and oxygen atoms in total. The maximum absolute atomic E-state index is 12.4. The molecule has 0 radical (unpaired) electrons. The molecule has 4 amide bonds. The number of halogens is 3. The fourth-order valence-electron chi connectivity index (χ4n) is 2.75. The summed E-state index contributed by atoms with van der Waals surface area (Å²) in [6.07, 6.45) is -3.70. The summed E-state index contributed by atoms with van der Waals surface area (Å²) < 4.78 is 41.5. The zero-order chi connectivity index (χ0) is 20.7. The van der Waals surface area contributed by atoms with E-state index in [0.717, 1.165) is 0 Å². The van der Waals surface area contributed by atoms with Gasteiger partial charge in [-0.3, -0.25) is 9.59 Å². The van der Waals surface area contributed by atoms with Crippen LogP contribution in [0.15, 0.2) is 24.3 Å². The minimum absolute atomic E-state index is 0.0920. The number of ether oxygens (including phenoxy) is 1. The maximum atomic E-state index is 12.4. The van der Waals surface area contributed by atoms with Gasteiger partial charge in [0.05, 0.1) is 0 Å². The summed E-state index contributed by atoms with van der Waals surface area (Å²) in [6, 6.07) is 4.71. The first-order valence-corrected chi connectivity index (χ1v) is 8.50. The molecule has 0 aliphatic carbocycles. The van der Waals surface area contributed by atoms with Crippen molar-refractivity contribution in [2.45, 2.75) is 25.1 Å². The average molecular weight is 402 g/mol. The molecule has 0 saturated carbocycles. The number of alkyl halides is 3. The molecule has 1 heterocycles. The van der Waals surface area contributed by atoms with E-state index in [9.17, 15) is 27.6 Å². The molecular formula is C17H21F3N4O4. The third-order valence-corrected chi connectivity index (χ3v) is 3.97. The first-order chi connectivity index (χ1) is 13.2. The predicted molar refractivity (Wildman–Crippen MR) is 94.8 cm³/mol. The molecule has 28 heavy (non-hydrogen) atoms. The number of anilines is 2. The third-order valence-electron chi connectivity index (χ3n) is 3.97. The van der Waals surface area contributed by atoms with Crippen molar-refractivity contribution in [3.05, 3.63) is 24.3 Å². The van der Waals surface area contributed by atoms with Gasteiger partial charge in [0.2, 0.25) is 11.8 Å². The molecule has 1 aromatic rings. The minimum Gasteiger partial charge on any atom is -0.375 e. The summed E-state index contributed by atoms with van der Waals surface area (Å²) in [6.45, 7) is -1.26. The van der Waals surface area contributed by atoms with Gasteiger partial charge in [-0.25, -0.2) is 4.79 Å². The van der Waals surface area contributed by atoms with Crippen LogP contribution in [0, 0.1) is 0 Å². The Balaban J connectivity index is 1.92. The smallest absolute Gasteiger partial charge is 0.375 e. The normalized spacial score (nSPS) is 16.6. The molecule has 1 fully saturated rings. The second-order valence-corrected chi connectivity index (χ2v) is 6.17. The highest BCUT2D eigenvalue weighted by Gasteiger charge is 2.36. The summed E-state index contributed by atoms with van der Waals surface area (Å²) in [7, 11) is 1.40. The molecule has 2 rings (SSSR count). The van der Waals surface area contributed by atoms with E-state index < -0.39 is 30.7 Å². The van der Waals surface area contributed by atoms with E-state index >= 15 is 0 Å². The molecule has 1 aliphatic heterocycles. The lowest BCUT2D eigenvalue weighted by Gasteiger charge is -2.24. The summed E-state index contributed by atoms with van der Waals surface area (Å²) in [5.74, 6) is -1.16. The summed E-state index contributed by atoms with van der Waals surface area (Å²) in [4.78, 5) is 37.0. The lowest BCUT2D eigenvalue weighted by Crippen LogP contribution is -2.49. The standard InChI is InChI=1S/C17H21F3N4O4/c1-28-9-14(25)22-11-4-6-12(7-5-11)23-16(27)24-8-2-3-13(24)15(26)21-10-17(18,19)20/h4-7,13H,2-3,8-10H2,1H3,(H,21,26)(H,22,25)(H,23,27). The van der Waals surface area contributed by atoms with Gasteiger partial charge in [0.15, 0.2) is 0 Å². The number of urea groups is 1. The lowest BCUT2D eigenvalue weighted by molar-refractivity contribution is -0.140. The monoisotopic (exact) mass is 402 g/mol. The summed E-state index contributed by atoms with van der Waals surface area (Å²) >= 11 is 0. The van der Waals surface area contributed by atoms with Crippen LogP contribution in [0.5, 0.6) is 0 Å². The maximum Gasteiger partial charge on any atom is 0.405 e. The van der Waals surface area contributed by atoms with Gasteiger partial charge >= 0.3 is 12.2 Å². The number of benzene rings is 1. The van der Waals surface area contributed by atoms with Crippen LogP contribution in [0.25, 0.3) is 0 Å². The number of nitrogens with one attached hydrogen (secondary N) is 3. The third kappa shape index (κ3) is 6.41. The Labute approximate surface area is 159 Å². The van der Waals surface area contributed by atoms with Gasteiger partial charge < -0.3 is 25.6 Å². The highest BCUT2D eigenvalue weighted by molar-refractivity contribution is 5.95. The number of likely N-dealkylation sites (tertiary alicyclic amines) is 1. The van der Waals surface area contributed by atoms with Crippen LogP contribution < -0.4 is 16.0 Å². The first-order valence-electron chi connectivity index (χ1n) is 8.50. The molecule has 1 unspecified atom stereocenters. The average Bonchev–Trinajstić information content (AvgIpc) is 3.11. The molecule has 0 aromatic heterocycles. The van der Waals surface area contributed by atoms with Gasteiger partial charge in [-0.2, -0.15) is 13.2 Å². The van der Waals surface area contributed by atoms with Crippen LogP contribution in [0.3, 0.4) is 0 Å². The van der Waals surface area contributed by atoms with Crippen molar-refractivity contribution in [3.63, 3.8) is 0 Å². The molecule has 11 heteroatoms. The number of rotatable bonds is 6. The van der Waals surface area contributed by atoms with Crippen molar-refractivity contribution in [2.75, 3.05) is 37.4 Å². The fourth-order valence-corrected chi connectivity index (χ4v) is 2.75. The zero-order valence-corrected chi connectivity index (χ0v) is 15.1. The highest BCUT2D eigenvalue weighted by Crippen LogP contribution is 2.21. The van der Waals surface area contributed by atoms with Gasteiger partial charge in [0, 0.05) is 25.0 Å². The van der Waals surface area contributed by atoms with Crippen molar-refractivity contribution in [1.82, 2.24) is 10.2 Å². The molecule has 1 aliphatic rings. The number of hydrogen-bond donors (Lipinski definition) is 3. The van der Waals surface area contributed by atoms with E-state index in [1.807, 2.05) is 5.32 Å². The minimum atomic E-state index is -4.51. The Morgan fingerprint density at radius 3 is 2.32 bits per heavy atom. The van der Waals surface area contributed by atoms with Crippen LogP contribution in [0.4, 0.5) is 29.3 Å². The number of carbonyl (C=O) groups excluding carboxylic acids is 3. The van der Waals surface area contributed by atoms with Crippen LogP contribution in [-0.2, 0) is 14.3 Å². The Hall–Kier alpha value is -2.82. The number of hydrogen-bond acceptors (Lipinski definition) is 4. The second kappa shape index (κ2) is 9.40.